The highest BCUT2D eigenvalue weighted by atomic mass is 16.1. The molecular weight excluding hydrogens is 228 g/mol. The zero-order valence-electron chi connectivity index (χ0n) is 12.1. The molecule has 18 heavy (non-hydrogen) atoms. The van der Waals surface area contributed by atoms with Crippen molar-refractivity contribution in [1.82, 2.24) is 5.32 Å². The molecule has 1 unspecified atom stereocenters. The molecule has 5 heteroatoms. The van der Waals surface area contributed by atoms with Crippen LogP contribution in [-0.4, -0.2) is 30.4 Å². The molecule has 0 bridgehead atoms. The summed E-state index contributed by atoms with van der Waals surface area (Å²) in [5, 5.41) is 3.42. The molecule has 106 valence electrons. The van der Waals surface area contributed by atoms with Crippen LogP contribution in [0.25, 0.3) is 0 Å². The van der Waals surface area contributed by atoms with E-state index in [-0.39, 0.29) is 17.9 Å². The lowest BCUT2D eigenvalue weighted by Crippen LogP contribution is -2.37. The van der Waals surface area contributed by atoms with Crippen molar-refractivity contribution in [3.8, 4) is 0 Å². The van der Waals surface area contributed by atoms with Crippen molar-refractivity contribution in [3.63, 3.8) is 0 Å². The average molecular weight is 256 g/mol. The van der Waals surface area contributed by atoms with Crippen LogP contribution in [0.5, 0.6) is 0 Å². The van der Waals surface area contributed by atoms with Crippen molar-refractivity contribution in [2.24, 2.45) is 22.4 Å². The first-order valence-corrected chi connectivity index (χ1v) is 6.67. The van der Waals surface area contributed by atoms with Gasteiger partial charge in [-0.05, 0) is 12.8 Å². The summed E-state index contributed by atoms with van der Waals surface area (Å²) in [6.07, 6.45) is 2.37. The first-order valence-electron chi connectivity index (χ1n) is 6.67. The van der Waals surface area contributed by atoms with Crippen molar-refractivity contribution in [2.45, 2.75) is 59.0 Å². The summed E-state index contributed by atoms with van der Waals surface area (Å²) in [6, 6.07) is 0.590. The SMILES string of the molecule is CC(C)NC(CCCN=C(N)N)CC(=O)C(C)C. The lowest BCUT2D eigenvalue weighted by molar-refractivity contribution is -0.122. The van der Waals surface area contributed by atoms with E-state index in [1.54, 1.807) is 0 Å². The van der Waals surface area contributed by atoms with Gasteiger partial charge in [-0.15, -0.1) is 0 Å². The average Bonchev–Trinajstić information content (AvgIpc) is 2.22. The fourth-order valence-electron chi connectivity index (χ4n) is 1.74. The number of hydrogen-bond acceptors (Lipinski definition) is 3. The van der Waals surface area contributed by atoms with Gasteiger partial charge < -0.3 is 16.8 Å². The second kappa shape index (κ2) is 8.91. The highest BCUT2D eigenvalue weighted by Crippen LogP contribution is 2.09. The predicted molar refractivity (Wildman–Crippen MR) is 76.4 cm³/mol. The standard InChI is InChI=1S/C13H28N4O/c1-9(2)12(18)8-11(17-10(3)4)6-5-7-16-13(14)15/h9-11,17H,5-8H2,1-4H3,(H4,14,15,16). The molecule has 0 aromatic carbocycles. The first kappa shape index (κ1) is 16.9. The van der Waals surface area contributed by atoms with Crippen molar-refractivity contribution in [3.05, 3.63) is 0 Å². The Kier molecular flexibility index (Phi) is 8.37. The summed E-state index contributed by atoms with van der Waals surface area (Å²) in [5.41, 5.74) is 10.5. The largest absolute Gasteiger partial charge is 0.370 e. The Morgan fingerprint density at radius 1 is 1.22 bits per heavy atom. The Hall–Kier alpha value is -1.10. The molecule has 0 aromatic heterocycles. The Morgan fingerprint density at radius 3 is 2.28 bits per heavy atom. The van der Waals surface area contributed by atoms with E-state index in [0.717, 1.165) is 12.8 Å². The van der Waals surface area contributed by atoms with Gasteiger partial charge in [0.1, 0.15) is 5.78 Å². The van der Waals surface area contributed by atoms with E-state index in [4.69, 9.17) is 11.5 Å². The van der Waals surface area contributed by atoms with Crippen LogP contribution in [0.4, 0.5) is 0 Å². The molecule has 0 aliphatic rings. The van der Waals surface area contributed by atoms with Crippen molar-refractivity contribution < 1.29 is 4.79 Å². The number of carbonyl (C=O) groups is 1. The molecule has 0 aliphatic heterocycles. The Balaban J connectivity index is 4.15. The number of hydrogen-bond donors (Lipinski definition) is 3. The van der Waals surface area contributed by atoms with Crippen LogP contribution in [0.15, 0.2) is 4.99 Å². The molecule has 0 radical (unpaired) electrons. The lowest BCUT2D eigenvalue weighted by Gasteiger charge is -2.21. The highest BCUT2D eigenvalue weighted by molar-refractivity contribution is 5.80. The Labute approximate surface area is 110 Å². The maximum absolute atomic E-state index is 11.8. The molecule has 0 aromatic rings. The van der Waals surface area contributed by atoms with Gasteiger partial charge in [-0.2, -0.15) is 0 Å². The third-order valence-corrected chi connectivity index (χ3v) is 2.67. The maximum Gasteiger partial charge on any atom is 0.185 e. The zero-order chi connectivity index (χ0) is 14.1. The van der Waals surface area contributed by atoms with Crippen LogP contribution < -0.4 is 16.8 Å². The van der Waals surface area contributed by atoms with Gasteiger partial charge in [0.05, 0.1) is 0 Å². The van der Waals surface area contributed by atoms with E-state index >= 15 is 0 Å². The van der Waals surface area contributed by atoms with Crippen LogP contribution in [-0.2, 0) is 4.79 Å². The molecule has 0 spiro atoms. The van der Waals surface area contributed by atoms with Crippen LogP contribution in [0.1, 0.15) is 47.0 Å². The monoisotopic (exact) mass is 256 g/mol. The fraction of sp³-hybridized carbons (Fsp3) is 0.846. The number of nitrogens with one attached hydrogen (secondary N) is 1. The number of nitrogens with zero attached hydrogens (tertiary/aromatic N) is 1. The molecule has 0 rings (SSSR count). The van der Waals surface area contributed by atoms with Gasteiger partial charge in [-0.3, -0.25) is 9.79 Å². The van der Waals surface area contributed by atoms with Crippen LogP contribution in [0.2, 0.25) is 0 Å². The number of nitrogens with two attached hydrogens (primary N) is 2. The van der Waals surface area contributed by atoms with Gasteiger partial charge in [-0.1, -0.05) is 27.7 Å². The van der Waals surface area contributed by atoms with Crippen molar-refractivity contribution in [1.29, 1.82) is 0 Å². The third-order valence-electron chi connectivity index (χ3n) is 2.67. The summed E-state index contributed by atoms with van der Waals surface area (Å²) in [5.74, 6) is 0.524. The van der Waals surface area contributed by atoms with E-state index in [1.165, 1.54) is 0 Å². The highest BCUT2D eigenvalue weighted by Gasteiger charge is 2.16. The second-order valence-electron chi connectivity index (χ2n) is 5.29. The fourth-order valence-corrected chi connectivity index (χ4v) is 1.74. The molecule has 0 fully saturated rings. The number of carbonyl (C=O) groups excluding carboxylic acids is 1. The quantitative estimate of drug-likeness (QED) is 0.326. The van der Waals surface area contributed by atoms with E-state index < -0.39 is 0 Å². The Morgan fingerprint density at radius 2 is 1.83 bits per heavy atom. The summed E-state index contributed by atoms with van der Waals surface area (Å²) >= 11 is 0. The summed E-state index contributed by atoms with van der Waals surface area (Å²) in [7, 11) is 0. The van der Waals surface area contributed by atoms with E-state index in [9.17, 15) is 4.79 Å². The maximum atomic E-state index is 11.8. The predicted octanol–water partition coefficient (Wildman–Crippen LogP) is 1.02. The Bertz CT molecular complexity index is 270. The van der Waals surface area contributed by atoms with Gasteiger partial charge >= 0.3 is 0 Å². The lowest BCUT2D eigenvalue weighted by atomic mass is 9.98. The molecule has 0 saturated heterocycles. The van der Waals surface area contributed by atoms with Gasteiger partial charge in [0.2, 0.25) is 0 Å². The van der Waals surface area contributed by atoms with E-state index in [0.29, 0.717) is 24.8 Å². The van der Waals surface area contributed by atoms with Crippen molar-refractivity contribution >= 4 is 11.7 Å². The smallest absolute Gasteiger partial charge is 0.185 e. The molecule has 1 atom stereocenters. The molecule has 5 nitrogen and oxygen atoms in total. The molecule has 0 amide bonds. The minimum absolute atomic E-state index is 0.0965. The topological polar surface area (TPSA) is 93.5 Å². The van der Waals surface area contributed by atoms with E-state index in [2.05, 4.69) is 24.2 Å². The molecule has 0 aliphatic carbocycles. The van der Waals surface area contributed by atoms with Gasteiger partial charge in [0.15, 0.2) is 5.96 Å². The third kappa shape index (κ3) is 8.98. The summed E-state index contributed by atoms with van der Waals surface area (Å²) in [6.45, 7) is 8.67. The molecular formula is C13H28N4O. The minimum atomic E-state index is 0.0965. The molecule has 0 saturated carbocycles. The molecule has 0 heterocycles. The second-order valence-corrected chi connectivity index (χ2v) is 5.29. The van der Waals surface area contributed by atoms with Crippen molar-refractivity contribution in [2.75, 3.05) is 6.54 Å². The van der Waals surface area contributed by atoms with Crippen LogP contribution >= 0.6 is 0 Å². The number of aliphatic imine (C=N–C) groups is 1. The van der Waals surface area contributed by atoms with Gasteiger partial charge in [0.25, 0.3) is 0 Å². The number of Topliss-reactive ketones (excluding diaryl/α,β-unsaturated/α-hetero) is 1. The molecule has 5 N–H and O–H groups in total. The number of ketones is 1. The number of rotatable bonds is 9. The summed E-state index contributed by atoms with van der Waals surface area (Å²) < 4.78 is 0. The summed E-state index contributed by atoms with van der Waals surface area (Å²) in [4.78, 5) is 15.7. The van der Waals surface area contributed by atoms with Gasteiger partial charge in [0, 0.05) is 31.0 Å². The van der Waals surface area contributed by atoms with Crippen LogP contribution in [0.3, 0.4) is 0 Å². The normalized spacial score (nSPS) is 12.8. The number of guanidine groups is 1. The van der Waals surface area contributed by atoms with Gasteiger partial charge in [-0.25, -0.2) is 0 Å². The zero-order valence-corrected chi connectivity index (χ0v) is 12.1. The first-order chi connectivity index (χ1) is 8.32. The minimum Gasteiger partial charge on any atom is -0.370 e. The van der Waals surface area contributed by atoms with Crippen LogP contribution in [0, 0.1) is 5.92 Å². The van der Waals surface area contributed by atoms with E-state index in [1.807, 2.05) is 13.8 Å².